The molecule has 6 N–H and O–H groups in total. The Hall–Kier alpha value is -1.46. The number of anilines is 1. The second-order valence-corrected chi connectivity index (χ2v) is 3.94. The van der Waals surface area contributed by atoms with Crippen molar-refractivity contribution in [2.75, 3.05) is 5.32 Å². The number of hydrogen-bond donors (Lipinski definition) is 5. The van der Waals surface area contributed by atoms with E-state index in [2.05, 4.69) is 10.6 Å². The first kappa shape index (κ1) is 12.6. The molecule has 0 aliphatic heterocycles. The molecule has 86 valence electrons. The molecule has 1 rings (SSSR count). The van der Waals surface area contributed by atoms with Crippen LogP contribution < -0.4 is 16.4 Å². The van der Waals surface area contributed by atoms with Gasteiger partial charge in [0, 0.05) is 15.7 Å². The number of halogens is 2. The molecule has 7 heteroatoms. The van der Waals surface area contributed by atoms with Crippen LogP contribution in [0.4, 0.5) is 5.69 Å². The van der Waals surface area contributed by atoms with Crippen LogP contribution >= 0.6 is 23.2 Å². The van der Waals surface area contributed by atoms with E-state index in [4.69, 9.17) is 39.8 Å². The van der Waals surface area contributed by atoms with Crippen molar-refractivity contribution in [2.24, 2.45) is 5.73 Å². The van der Waals surface area contributed by atoms with Gasteiger partial charge in [-0.2, -0.15) is 0 Å². The molecule has 0 amide bonds. The molecule has 0 fully saturated rings. The Morgan fingerprint density at radius 3 is 2.50 bits per heavy atom. The Kier molecular flexibility index (Phi) is 3.98. The Labute approximate surface area is 103 Å². The van der Waals surface area contributed by atoms with E-state index < -0.39 is 0 Å². The molecule has 0 radical (unpaired) electrons. The van der Waals surface area contributed by atoms with Crippen LogP contribution in [0, 0.1) is 17.7 Å². The van der Waals surface area contributed by atoms with Gasteiger partial charge in [0.05, 0.1) is 0 Å². The van der Waals surface area contributed by atoms with Crippen LogP contribution in [0.5, 0.6) is 0 Å². The first-order chi connectivity index (χ1) is 7.40. The van der Waals surface area contributed by atoms with Crippen LogP contribution in [-0.2, 0) is 0 Å². The van der Waals surface area contributed by atoms with Gasteiger partial charge in [0.2, 0.25) is 0 Å². The summed E-state index contributed by atoms with van der Waals surface area (Å²) in [5.41, 5.74) is 6.44. The van der Waals surface area contributed by atoms with Crippen molar-refractivity contribution in [1.29, 1.82) is 10.8 Å². The fourth-order valence-electron chi connectivity index (χ4n) is 1.08. The summed E-state index contributed by atoms with van der Waals surface area (Å²) in [6, 6.07) is 3.25. The van der Waals surface area contributed by atoms with E-state index in [0.717, 1.165) is 5.56 Å². The average molecular weight is 260 g/mol. The van der Waals surface area contributed by atoms with Crippen LogP contribution in [0.2, 0.25) is 10.0 Å². The number of benzene rings is 1. The molecule has 1 aromatic carbocycles. The third kappa shape index (κ3) is 3.29. The van der Waals surface area contributed by atoms with E-state index in [0.29, 0.717) is 15.7 Å². The van der Waals surface area contributed by atoms with Gasteiger partial charge in [-0.1, -0.05) is 23.2 Å². The van der Waals surface area contributed by atoms with Gasteiger partial charge in [0.1, 0.15) is 0 Å². The maximum absolute atomic E-state index is 7.46. The summed E-state index contributed by atoms with van der Waals surface area (Å²) in [4.78, 5) is 0. The number of hydrogen-bond acceptors (Lipinski definition) is 2. The fraction of sp³-hybridized carbons (Fsp3) is 0.111. The molecule has 0 aliphatic rings. The lowest BCUT2D eigenvalue weighted by atomic mass is 10.2. The number of nitrogens with one attached hydrogen (secondary N) is 4. The molecule has 0 saturated heterocycles. The number of guanidine groups is 2. The largest absolute Gasteiger partial charge is 0.370 e. The van der Waals surface area contributed by atoms with Crippen molar-refractivity contribution < 1.29 is 0 Å². The van der Waals surface area contributed by atoms with Gasteiger partial charge in [-0.25, -0.2) is 0 Å². The summed E-state index contributed by atoms with van der Waals surface area (Å²) >= 11 is 11.8. The van der Waals surface area contributed by atoms with Crippen molar-refractivity contribution in [3.05, 3.63) is 27.7 Å². The number of nitrogens with two attached hydrogens (primary N) is 1. The smallest absolute Gasteiger partial charge is 0.199 e. The number of rotatable bonds is 1. The Bertz CT molecular complexity index is 444. The predicted octanol–water partition coefficient (Wildman–Crippen LogP) is 2.13. The minimum atomic E-state index is -0.316. The molecule has 0 bridgehead atoms. The molecule has 16 heavy (non-hydrogen) atoms. The second kappa shape index (κ2) is 5.05. The predicted molar refractivity (Wildman–Crippen MR) is 67.6 cm³/mol. The first-order valence-corrected chi connectivity index (χ1v) is 5.08. The molecular weight excluding hydrogens is 249 g/mol. The van der Waals surface area contributed by atoms with E-state index in [1.165, 1.54) is 0 Å². The summed E-state index contributed by atoms with van der Waals surface area (Å²) < 4.78 is 0. The van der Waals surface area contributed by atoms with Gasteiger partial charge >= 0.3 is 0 Å². The van der Waals surface area contributed by atoms with E-state index >= 15 is 0 Å². The quantitative estimate of drug-likeness (QED) is 0.395. The van der Waals surface area contributed by atoms with Gasteiger partial charge in [-0.05, 0) is 24.6 Å². The summed E-state index contributed by atoms with van der Waals surface area (Å²) in [5.74, 6) is -0.433. The standard InChI is InChI=1S/C9H11Cl2N5/c1-4-6(11)2-5(10)3-7(4)15-9(14)16-8(12)13/h2-3H,1H3,(H6,12,13,14,15,16). The van der Waals surface area contributed by atoms with Crippen molar-refractivity contribution in [1.82, 2.24) is 5.32 Å². The zero-order chi connectivity index (χ0) is 12.3. The van der Waals surface area contributed by atoms with Crippen molar-refractivity contribution in [2.45, 2.75) is 6.92 Å². The van der Waals surface area contributed by atoms with Crippen molar-refractivity contribution >= 4 is 40.8 Å². The molecule has 1 aromatic rings. The highest BCUT2D eigenvalue weighted by atomic mass is 35.5. The first-order valence-electron chi connectivity index (χ1n) is 4.32. The zero-order valence-electron chi connectivity index (χ0n) is 8.49. The third-order valence-electron chi connectivity index (χ3n) is 1.83. The molecule has 5 nitrogen and oxygen atoms in total. The lowest BCUT2D eigenvalue weighted by Crippen LogP contribution is -2.39. The monoisotopic (exact) mass is 259 g/mol. The molecule has 0 heterocycles. The molecular formula is C9H11Cl2N5. The molecule has 0 spiro atoms. The summed E-state index contributed by atoms with van der Waals surface area (Å²) in [7, 11) is 0. The lowest BCUT2D eigenvalue weighted by Gasteiger charge is -2.12. The molecule has 0 aliphatic carbocycles. The van der Waals surface area contributed by atoms with E-state index in [9.17, 15) is 0 Å². The van der Waals surface area contributed by atoms with Crippen molar-refractivity contribution in [3.8, 4) is 0 Å². The lowest BCUT2D eigenvalue weighted by molar-refractivity contribution is 1.20. The maximum Gasteiger partial charge on any atom is 0.199 e. The summed E-state index contributed by atoms with van der Waals surface area (Å²) in [5, 5.41) is 20.4. The highest BCUT2D eigenvalue weighted by Crippen LogP contribution is 2.27. The Morgan fingerprint density at radius 2 is 1.94 bits per heavy atom. The summed E-state index contributed by atoms with van der Waals surface area (Å²) in [6.07, 6.45) is 0. The second-order valence-electron chi connectivity index (χ2n) is 3.10. The normalized spacial score (nSPS) is 9.69. The highest BCUT2D eigenvalue weighted by Gasteiger charge is 2.06. The Balaban J connectivity index is 2.89. The maximum atomic E-state index is 7.46. The SMILES string of the molecule is Cc1c(Cl)cc(Cl)cc1NC(=N)NC(=N)N. The van der Waals surface area contributed by atoms with Crippen LogP contribution in [0.1, 0.15) is 5.56 Å². The molecule has 0 atom stereocenters. The molecule has 0 saturated carbocycles. The fourth-order valence-corrected chi connectivity index (χ4v) is 1.57. The molecule has 0 aromatic heterocycles. The van der Waals surface area contributed by atoms with Crippen LogP contribution in [-0.4, -0.2) is 11.9 Å². The zero-order valence-corrected chi connectivity index (χ0v) is 10.00. The van der Waals surface area contributed by atoms with E-state index in [1.807, 2.05) is 0 Å². The minimum Gasteiger partial charge on any atom is -0.370 e. The van der Waals surface area contributed by atoms with E-state index in [1.54, 1.807) is 19.1 Å². The van der Waals surface area contributed by atoms with Gasteiger partial charge in [0.25, 0.3) is 0 Å². The summed E-state index contributed by atoms with van der Waals surface area (Å²) in [6.45, 7) is 1.79. The third-order valence-corrected chi connectivity index (χ3v) is 2.44. The van der Waals surface area contributed by atoms with Crippen LogP contribution in [0.3, 0.4) is 0 Å². The van der Waals surface area contributed by atoms with Crippen LogP contribution in [0.15, 0.2) is 12.1 Å². The Morgan fingerprint density at radius 1 is 1.31 bits per heavy atom. The average Bonchev–Trinajstić information content (AvgIpc) is 2.11. The minimum absolute atomic E-state index is 0.117. The van der Waals surface area contributed by atoms with Gasteiger partial charge in [-0.3, -0.25) is 16.1 Å². The topological polar surface area (TPSA) is 97.8 Å². The van der Waals surface area contributed by atoms with Gasteiger partial charge in [-0.15, -0.1) is 0 Å². The highest BCUT2D eigenvalue weighted by molar-refractivity contribution is 6.35. The van der Waals surface area contributed by atoms with E-state index in [-0.39, 0.29) is 11.9 Å². The van der Waals surface area contributed by atoms with Crippen LogP contribution in [0.25, 0.3) is 0 Å². The van der Waals surface area contributed by atoms with Crippen molar-refractivity contribution in [3.63, 3.8) is 0 Å². The van der Waals surface area contributed by atoms with Gasteiger partial charge < -0.3 is 11.1 Å². The van der Waals surface area contributed by atoms with Gasteiger partial charge in [0.15, 0.2) is 11.9 Å². The molecule has 0 unspecified atom stereocenters.